The van der Waals surface area contributed by atoms with Crippen LogP contribution in [0.1, 0.15) is 46.4 Å². The van der Waals surface area contributed by atoms with Gasteiger partial charge in [0.05, 0.1) is 12.1 Å². The van der Waals surface area contributed by atoms with Crippen LogP contribution in [-0.4, -0.2) is 28.1 Å². The fourth-order valence-electron chi connectivity index (χ4n) is 3.29. The maximum absolute atomic E-state index is 12.4. The number of thiazole rings is 1. The quantitative estimate of drug-likeness (QED) is 0.290. The third-order valence-electron chi connectivity index (χ3n) is 4.98. The van der Waals surface area contributed by atoms with E-state index in [1.165, 1.54) is 0 Å². The van der Waals surface area contributed by atoms with Crippen LogP contribution in [0.2, 0.25) is 0 Å². The van der Waals surface area contributed by atoms with Crippen molar-refractivity contribution >= 4 is 34.0 Å². The van der Waals surface area contributed by atoms with Gasteiger partial charge in [0.15, 0.2) is 5.13 Å². The van der Waals surface area contributed by atoms with Crippen molar-refractivity contribution in [1.82, 2.24) is 4.98 Å². The Balaban J connectivity index is 1.52. The first kappa shape index (κ1) is 25.2. The lowest BCUT2D eigenvalue weighted by Gasteiger charge is -2.13. The summed E-state index contributed by atoms with van der Waals surface area (Å²) in [4.78, 5) is 27.2. The van der Waals surface area contributed by atoms with Crippen LogP contribution in [0.4, 0.5) is 24.0 Å². The number of carbonyl (C=O) groups is 2. The van der Waals surface area contributed by atoms with E-state index in [2.05, 4.69) is 15.6 Å². The zero-order valence-electron chi connectivity index (χ0n) is 18.2. The first-order valence-corrected chi connectivity index (χ1v) is 11.5. The molecular weight excluding hydrogens is 467 g/mol. The lowest BCUT2D eigenvalue weighted by Crippen LogP contribution is -2.12. The molecule has 0 unspecified atom stereocenters. The number of aryl methyl sites for hydroxylation is 1. The van der Waals surface area contributed by atoms with E-state index in [1.807, 2.05) is 36.4 Å². The third-order valence-corrected chi connectivity index (χ3v) is 5.78. The second kappa shape index (κ2) is 11.6. The molecule has 0 atom stereocenters. The summed E-state index contributed by atoms with van der Waals surface area (Å²) in [5.41, 5.74) is 3.59. The summed E-state index contributed by atoms with van der Waals surface area (Å²) in [7, 11) is 0. The van der Waals surface area contributed by atoms with Crippen LogP contribution in [0.5, 0.6) is 0 Å². The zero-order valence-corrected chi connectivity index (χ0v) is 19.0. The predicted octanol–water partition coefficient (Wildman–Crippen LogP) is 5.91. The second-order valence-electron chi connectivity index (χ2n) is 7.70. The summed E-state index contributed by atoms with van der Waals surface area (Å²) >= 11 is 1.16. The number of hydrogen-bond donors (Lipinski definition) is 3. The van der Waals surface area contributed by atoms with Crippen molar-refractivity contribution in [2.75, 3.05) is 10.6 Å². The van der Waals surface area contributed by atoms with Gasteiger partial charge in [0.2, 0.25) is 0 Å². The second-order valence-corrected chi connectivity index (χ2v) is 8.56. The van der Waals surface area contributed by atoms with Crippen molar-refractivity contribution in [2.45, 2.75) is 44.8 Å². The third kappa shape index (κ3) is 8.18. The van der Waals surface area contributed by atoms with Crippen molar-refractivity contribution in [3.05, 3.63) is 76.3 Å². The molecule has 0 bridgehead atoms. The molecule has 0 spiro atoms. The molecule has 0 aliphatic heterocycles. The smallest absolute Gasteiger partial charge is 0.389 e. The number of carboxylic acid groups (broad SMARTS) is 1. The molecule has 2 aromatic carbocycles. The van der Waals surface area contributed by atoms with Gasteiger partial charge in [0.25, 0.3) is 5.91 Å². The summed E-state index contributed by atoms with van der Waals surface area (Å²) < 4.78 is 37.0. The topological polar surface area (TPSA) is 91.3 Å². The van der Waals surface area contributed by atoms with E-state index in [0.717, 1.165) is 28.2 Å². The van der Waals surface area contributed by atoms with Crippen LogP contribution in [0.25, 0.3) is 0 Å². The number of nitrogens with one attached hydrogen (secondary N) is 2. The molecule has 1 heterocycles. The summed E-state index contributed by atoms with van der Waals surface area (Å²) in [6.45, 7) is 0.493. The van der Waals surface area contributed by atoms with Gasteiger partial charge in [0.1, 0.15) is 0 Å². The molecule has 0 radical (unpaired) electrons. The average Bonchev–Trinajstić information content (AvgIpc) is 3.21. The molecule has 0 saturated carbocycles. The van der Waals surface area contributed by atoms with Crippen LogP contribution in [0.15, 0.2) is 53.9 Å². The highest BCUT2D eigenvalue weighted by atomic mass is 32.1. The van der Waals surface area contributed by atoms with Gasteiger partial charge in [-0.25, -0.2) is 4.98 Å². The first-order chi connectivity index (χ1) is 16.2. The van der Waals surface area contributed by atoms with Gasteiger partial charge in [0, 0.05) is 29.6 Å². The van der Waals surface area contributed by atoms with E-state index >= 15 is 0 Å². The lowest BCUT2D eigenvalue weighted by molar-refractivity contribution is -0.137. The summed E-state index contributed by atoms with van der Waals surface area (Å²) in [5.74, 6) is -1.34. The minimum absolute atomic E-state index is 0.100. The number of aliphatic carboxylic acids is 1. The van der Waals surface area contributed by atoms with Crippen molar-refractivity contribution < 1.29 is 27.9 Å². The minimum atomic E-state index is -4.12. The van der Waals surface area contributed by atoms with Crippen LogP contribution in [-0.2, 0) is 24.2 Å². The maximum Gasteiger partial charge on any atom is 0.389 e. The number of carboxylic acids is 1. The Morgan fingerprint density at radius 2 is 1.76 bits per heavy atom. The Labute approximate surface area is 198 Å². The lowest BCUT2D eigenvalue weighted by atomic mass is 10.0. The largest absolute Gasteiger partial charge is 0.481 e. The van der Waals surface area contributed by atoms with Crippen LogP contribution in [0, 0.1) is 0 Å². The molecule has 34 heavy (non-hydrogen) atoms. The van der Waals surface area contributed by atoms with Crippen molar-refractivity contribution in [1.29, 1.82) is 0 Å². The van der Waals surface area contributed by atoms with E-state index in [1.54, 1.807) is 17.5 Å². The molecule has 3 rings (SSSR count). The van der Waals surface area contributed by atoms with Gasteiger partial charge in [-0.15, -0.1) is 11.3 Å². The predicted molar refractivity (Wildman–Crippen MR) is 125 cm³/mol. The van der Waals surface area contributed by atoms with Crippen molar-refractivity contribution in [3.8, 4) is 0 Å². The highest BCUT2D eigenvalue weighted by molar-refractivity contribution is 7.14. The summed E-state index contributed by atoms with van der Waals surface area (Å²) in [5, 5.41) is 16.7. The van der Waals surface area contributed by atoms with Crippen LogP contribution in [0.3, 0.4) is 0 Å². The molecule has 0 saturated heterocycles. The minimum Gasteiger partial charge on any atom is -0.481 e. The number of nitrogens with zero attached hydrogens (tertiary/aromatic N) is 1. The Morgan fingerprint density at radius 3 is 2.47 bits per heavy atom. The van der Waals surface area contributed by atoms with E-state index in [9.17, 15) is 22.8 Å². The number of hydrogen-bond acceptors (Lipinski definition) is 5. The van der Waals surface area contributed by atoms with Crippen molar-refractivity contribution in [3.63, 3.8) is 0 Å². The van der Waals surface area contributed by atoms with Gasteiger partial charge in [-0.3, -0.25) is 14.9 Å². The number of amides is 1. The van der Waals surface area contributed by atoms with E-state index in [0.29, 0.717) is 35.8 Å². The van der Waals surface area contributed by atoms with Gasteiger partial charge in [-0.05, 0) is 48.6 Å². The fraction of sp³-hybridized carbons (Fsp3) is 0.292. The molecule has 6 nitrogen and oxygen atoms in total. The molecule has 1 amide bonds. The van der Waals surface area contributed by atoms with Gasteiger partial charge < -0.3 is 10.4 Å². The van der Waals surface area contributed by atoms with Gasteiger partial charge >= 0.3 is 12.1 Å². The molecule has 3 aromatic rings. The standard InChI is InChI=1S/C24H24F3N3O3S/c25-24(26,27)12-4-3-6-17-5-1-2-7-20(17)28-14-16-8-10-18(11-9-16)22(33)30-23-29-19(15-34-23)13-21(31)32/h1-2,5,7-11,15,28H,3-4,6,12-14H2,(H,31,32)(H,29,30,33). The zero-order chi connectivity index (χ0) is 24.6. The number of anilines is 2. The van der Waals surface area contributed by atoms with E-state index < -0.39 is 18.6 Å². The number of para-hydroxylation sites is 1. The van der Waals surface area contributed by atoms with Gasteiger partial charge in [-0.1, -0.05) is 30.3 Å². The summed E-state index contributed by atoms with van der Waals surface area (Å²) in [6.07, 6.45) is -3.98. The maximum atomic E-state index is 12.4. The molecule has 1 aromatic heterocycles. The SMILES string of the molecule is O=C(O)Cc1csc(NC(=O)c2ccc(CNc3ccccc3CCCCC(F)(F)F)cc2)n1. The van der Waals surface area contributed by atoms with Crippen LogP contribution >= 0.6 is 11.3 Å². The number of alkyl halides is 3. The molecule has 0 fully saturated rings. The molecular formula is C24H24F3N3O3S. The average molecular weight is 492 g/mol. The monoisotopic (exact) mass is 491 g/mol. The normalized spacial score (nSPS) is 11.3. The van der Waals surface area contributed by atoms with Crippen molar-refractivity contribution in [2.24, 2.45) is 0 Å². The number of halogens is 3. The number of carbonyl (C=O) groups excluding carboxylic acids is 1. The number of aromatic nitrogens is 1. The molecule has 3 N–H and O–H groups in total. The Hall–Kier alpha value is -3.40. The van der Waals surface area contributed by atoms with E-state index in [4.69, 9.17) is 5.11 Å². The highest BCUT2D eigenvalue weighted by Crippen LogP contribution is 2.24. The van der Waals surface area contributed by atoms with Crippen LogP contribution < -0.4 is 10.6 Å². The van der Waals surface area contributed by atoms with Gasteiger partial charge in [-0.2, -0.15) is 13.2 Å². The first-order valence-electron chi connectivity index (χ1n) is 10.6. The fourth-order valence-corrected chi connectivity index (χ4v) is 4.00. The summed E-state index contributed by atoms with van der Waals surface area (Å²) in [6, 6.07) is 14.5. The Morgan fingerprint density at radius 1 is 1.03 bits per heavy atom. The number of unbranched alkanes of at least 4 members (excludes halogenated alkanes) is 1. The molecule has 0 aliphatic carbocycles. The molecule has 180 valence electrons. The molecule has 10 heteroatoms. The Kier molecular flexibility index (Phi) is 8.64. The Bertz CT molecular complexity index is 1110. The highest BCUT2D eigenvalue weighted by Gasteiger charge is 2.25. The van der Waals surface area contributed by atoms with E-state index in [-0.39, 0.29) is 18.7 Å². The molecule has 0 aliphatic rings. The number of rotatable bonds is 11. The number of benzene rings is 2.